The van der Waals surface area contributed by atoms with E-state index in [-0.39, 0.29) is 32.9 Å². The second kappa shape index (κ2) is 5.34. The lowest BCUT2D eigenvalue weighted by Gasteiger charge is -2.13. The Bertz CT molecular complexity index is 634. The van der Waals surface area contributed by atoms with Crippen LogP contribution in [0.25, 0.3) is 11.0 Å². The zero-order valence-corrected chi connectivity index (χ0v) is 11.5. The van der Waals surface area contributed by atoms with E-state index in [1.165, 1.54) is 20.3 Å². The number of nitrogens with zero attached hydrogens (tertiary/aromatic N) is 2. The minimum atomic E-state index is -1.83. The number of benzene rings is 1. The van der Waals surface area contributed by atoms with E-state index in [9.17, 15) is 10.2 Å². The molecule has 0 saturated heterocycles. The van der Waals surface area contributed by atoms with Crippen LogP contribution in [0.5, 0.6) is 11.8 Å². The summed E-state index contributed by atoms with van der Waals surface area (Å²) in [5, 5.41) is 18.9. The number of fused-ring (bicyclic) bond motifs is 1. The minimum Gasteiger partial charge on any atom is -0.477 e. The molecule has 0 unspecified atom stereocenters. The lowest BCUT2D eigenvalue weighted by atomic mass is 10.1. The van der Waals surface area contributed by atoms with Crippen LogP contribution in [-0.4, -0.2) is 34.4 Å². The third-order valence-corrected chi connectivity index (χ3v) is 3.27. The van der Waals surface area contributed by atoms with Gasteiger partial charge in [0.25, 0.3) is 11.8 Å². The number of rotatable bonds is 3. The predicted molar refractivity (Wildman–Crippen MR) is 69.8 cm³/mol. The van der Waals surface area contributed by atoms with Gasteiger partial charge in [0.15, 0.2) is 6.29 Å². The normalized spacial score (nSPS) is 11.1. The molecule has 8 heteroatoms. The number of hydrogen-bond donors (Lipinski definition) is 2. The summed E-state index contributed by atoms with van der Waals surface area (Å²) in [4.78, 5) is 8.25. The summed E-state index contributed by atoms with van der Waals surface area (Å²) in [6, 6.07) is 1.46. The molecule has 1 aromatic heterocycles. The van der Waals surface area contributed by atoms with Crippen LogP contribution >= 0.6 is 23.2 Å². The molecule has 19 heavy (non-hydrogen) atoms. The van der Waals surface area contributed by atoms with E-state index in [1.807, 2.05) is 0 Å². The van der Waals surface area contributed by atoms with Crippen LogP contribution in [0, 0.1) is 0 Å². The van der Waals surface area contributed by atoms with Crippen molar-refractivity contribution in [3.63, 3.8) is 0 Å². The van der Waals surface area contributed by atoms with Crippen LogP contribution in [0.1, 0.15) is 11.9 Å². The van der Waals surface area contributed by atoms with Crippen LogP contribution in [0.3, 0.4) is 0 Å². The second-order valence-electron chi connectivity index (χ2n) is 3.57. The van der Waals surface area contributed by atoms with Crippen LogP contribution in [0.4, 0.5) is 0 Å². The molecule has 0 atom stereocenters. The zero-order chi connectivity index (χ0) is 14.2. The maximum Gasteiger partial charge on any atom is 0.278 e. The molecule has 0 saturated carbocycles. The van der Waals surface area contributed by atoms with E-state index >= 15 is 0 Å². The van der Waals surface area contributed by atoms with Crippen molar-refractivity contribution in [3.05, 3.63) is 21.7 Å². The van der Waals surface area contributed by atoms with Crippen molar-refractivity contribution in [1.29, 1.82) is 0 Å². The highest BCUT2D eigenvalue weighted by atomic mass is 35.5. The SMILES string of the molecule is COc1nc2cc(Cl)c(Cl)c(C(O)O)c2nc1OC. The van der Waals surface area contributed by atoms with Gasteiger partial charge in [0.1, 0.15) is 5.52 Å². The number of methoxy groups -OCH3 is 2. The highest BCUT2D eigenvalue weighted by Crippen LogP contribution is 2.37. The summed E-state index contributed by atoms with van der Waals surface area (Å²) in [7, 11) is 2.81. The summed E-state index contributed by atoms with van der Waals surface area (Å²) in [6.07, 6.45) is -1.83. The highest BCUT2D eigenvalue weighted by Gasteiger charge is 2.21. The molecular weight excluding hydrogens is 295 g/mol. The monoisotopic (exact) mass is 304 g/mol. The van der Waals surface area contributed by atoms with Gasteiger partial charge in [-0.15, -0.1) is 0 Å². The van der Waals surface area contributed by atoms with Gasteiger partial charge in [0, 0.05) is 0 Å². The van der Waals surface area contributed by atoms with Gasteiger partial charge < -0.3 is 19.7 Å². The molecule has 1 heterocycles. The van der Waals surface area contributed by atoms with Gasteiger partial charge in [-0.25, -0.2) is 9.97 Å². The van der Waals surface area contributed by atoms with Gasteiger partial charge in [0.2, 0.25) is 0 Å². The number of halogens is 2. The van der Waals surface area contributed by atoms with Gasteiger partial charge in [0.05, 0.1) is 35.3 Å². The summed E-state index contributed by atoms with van der Waals surface area (Å²) in [5.41, 5.74) is 0.467. The van der Waals surface area contributed by atoms with Crippen molar-refractivity contribution in [3.8, 4) is 11.8 Å². The fourth-order valence-corrected chi connectivity index (χ4v) is 2.08. The predicted octanol–water partition coefficient (Wildman–Crippen LogP) is 1.94. The average Bonchev–Trinajstić information content (AvgIpc) is 2.38. The lowest BCUT2D eigenvalue weighted by Crippen LogP contribution is -2.03. The van der Waals surface area contributed by atoms with Crippen molar-refractivity contribution in [1.82, 2.24) is 9.97 Å². The fraction of sp³-hybridized carbons (Fsp3) is 0.273. The minimum absolute atomic E-state index is 0.00527. The fourth-order valence-electron chi connectivity index (χ4n) is 1.63. The Balaban J connectivity index is 2.87. The quantitative estimate of drug-likeness (QED) is 0.843. The Morgan fingerprint density at radius 2 is 1.68 bits per heavy atom. The molecule has 0 fully saturated rings. The zero-order valence-electron chi connectivity index (χ0n) is 10.0. The molecular formula is C11H10Cl2N2O4. The van der Waals surface area contributed by atoms with Gasteiger partial charge >= 0.3 is 0 Å². The van der Waals surface area contributed by atoms with E-state index in [2.05, 4.69) is 9.97 Å². The topological polar surface area (TPSA) is 84.7 Å². The number of aliphatic hydroxyl groups is 2. The van der Waals surface area contributed by atoms with E-state index < -0.39 is 6.29 Å². The molecule has 0 amide bonds. The summed E-state index contributed by atoms with van der Waals surface area (Å²) in [6.45, 7) is 0. The Labute approximate surface area is 118 Å². The smallest absolute Gasteiger partial charge is 0.278 e. The first-order valence-electron chi connectivity index (χ1n) is 5.13. The molecule has 0 aliphatic carbocycles. The van der Waals surface area contributed by atoms with Crippen LogP contribution < -0.4 is 9.47 Å². The summed E-state index contributed by atoms with van der Waals surface area (Å²) in [5.74, 6) is 0.266. The third kappa shape index (κ3) is 2.40. The highest BCUT2D eigenvalue weighted by molar-refractivity contribution is 6.43. The molecule has 2 rings (SSSR count). The van der Waals surface area contributed by atoms with E-state index in [0.29, 0.717) is 5.52 Å². The number of hydrogen-bond acceptors (Lipinski definition) is 6. The van der Waals surface area contributed by atoms with Crippen molar-refractivity contribution in [2.75, 3.05) is 14.2 Å². The molecule has 1 aromatic carbocycles. The molecule has 0 radical (unpaired) electrons. The number of aromatic nitrogens is 2. The molecule has 2 N–H and O–H groups in total. The second-order valence-corrected chi connectivity index (χ2v) is 4.35. The van der Waals surface area contributed by atoms with E-state index in [4.69, 9.17) is 32.7 Å². The Morgan fingerprint density at radius 1 is 1.11 bits per heavy atom. The van der Waals surface area contributed by atoms with Gasteiger partial charge in [-0.1, -0.05) is 23.2 Å². The molecule has 0 bridgehead atoms. The maximum absolute atomic E-state index is 9.39. The van der Waals surface area contributed by atoms with E-state index in [1.54, 1.807) is 0 Å². The van der Waals surface area contributed by atoms with Gasteiger partial charge in [-0.3, -0.25) is 0 Å². The van der Waals surface area contributed by atoms with E-state index in [0.717, 1.165) is 0 Å². The molecule has 0 aliphatic rings. The van der Waals surface area contributed by atoms with Crippen LogP contribution in [0.2, 0.25) is 10.0 Å². The van der Waals surface area contributed by atoms with Crippen molar-refractivity contribution in [2.24, 2.45) is 0 Å². The number of ether oxygens (including phenoxy) is 2. The lowest BCUT2D eigenvalue weighted by molar-refractivity contribution is -0.0413. The largest absolute Gasteiger partial charge is 0.477 e. The standard InChI is InChI=1S/C11H10Cl2N2O4/c1-18-9-10(19-2)15-8-5(14-9)3-4(12)7(13)6(8)11(16)17/h3,11,16-17H,1-2H3. The summed E-state index contributed by atoms with van der Waals surface area (Å²) < 4.78 is 10.0. The molecule has 0 aliphatic heterocycles. The average molecular weight is 305 g/mol. The molecule has 2 aromatic rings. The first kappa shape index (κ1) is 14.1. The van der Waals surface area contributed by atoms with Crippen molar-refractivity contribution < 1.29 is 19.7 Å². The van der Waals surface area contributed by atoms with Crippen molar-refractivity contribution >= 4 is 34.2 Å². The molecule has 102 valence electrons. The Morgan fingerprint density at radius 3 is 2.21 bits per heavy atom. The Hall–Kier alpha value is -1.34. The first-order valence-corrected chi connectivity index (χ1v) is 5.89. The summed E-state index contributed by atoms with van der Waals surface area (Å²) >= 11 is 11.9. The molecule has 0 spiro atoms. The van der Waals surface area contributed by atoms with Crippen LogP contribution in [-0.2, 0) is 0 Å². The number of aliphatic hydroxyl groups excluding tert-OH is 1. The maximum atomic E-state index is 9.39. The molecule has 6 nitrogen and oxygen atoms in total. The van der Waals surface area contributed by atoms with Crippen LogP contribution in [0.15, 0.2) is 6.07 Å². The van der Waals surface area contributed by atoms with Crippen molar-refractivity contribution in [2.45, 2.75) is 6.29 Å². The Kier molecular flexibility index (Phi) is 3.96. The van der Waals surface area contributed by atoms with Gasteiger partial charge in [-0.2, -0.15) is 0 Å². The third-order valence-electron chi connectivity index (χ3n) is 2.47. The van der Waals surface area contributed by atoms with Gasteiger partial charge in [-0.05, 0) is 6.07 Å². The first-order chi connectivity index (χ1) is 8.99.